The number of carbonyl (C=O) groups is 2. The smallest absolute Gasteiger partial charge is 0.231 e. The van der Waals surface area contributed by atoms with Crippen LogP contribution in [0.5, 0.6) is 11.5 Å². The third kappa shape index (κ3) is 4.75. The second-order valence-electron chi connectivity index (χ2n) is 10.1. The van der Waals surface area contributed by atoms with E-state index < -0.39 is 5.41 Å². The number of nitrogens with zero attached hydrogens (tertiary/aromatic N) is 1. The van der Waals surface area contributed by atoms with Gasteiger partial charge in [0.2, 0.25) is 12.7 Å². The average Bonchev–Trinajstić information content (AvgIpc) is 3.56. The second-order valence-corrected chi connectivity index (χ2v) is 10.1. The third-order valence-electron chi connectivity index (χ3n) is 7.45. The Labute approximate surface area is 213 Å². The largest absolute Gasteiger partial charge is 0.454 e. The number of ketones is 1. The van der Waals surface area contributed by atoms with E-state index in [4.69, 9.17) is 9.47 Å². The van der Waals surface area contributed by atoms with Gasteiger partial charge in [-0.1, -0.05) is 55.5 Å². The molecule has 0 spiro atoms. The van der Waals surface area contributed by atoms with Crippen molar-refractivity contribution in [2.45, 2.75) is 57.9 Å². The highest BCUT2D eigenvalue weighted by atomic mass is 16.7. The number of aryl methyl sites for hydroxylation is 1. The highest BCUT2D eigenvalue weighted by Crippen LogP contribution is 2.51. The van der Waals surface area contributed by atoms with Crippen molar-refractivity contribution < 1.29 is 19.1 Å². The van der Waals surface area contributed by atoms with Crippen molar-refractivity contribution in [3.05, 3.63) is 82.9 Å². The standard InChI is InChI=1S/C31H33NO4/c1-4-5-30(34)32(3)19-22-8-10-24(11-9-22)26-16-23(7-6-21(26)2)17-29(33)31(14-15-31)25-12-13-27-28(18-25)36-20-35-27/h6-13,16,18H,4-5,14-15,17,19-20H2,1-3H3. The first-order chi connectivity index (χ1) is 17.4. The van der Waals surface area contributed by atoms with Crippen molar-refractivity contribution in [3.8, 4) is 22.6 Å². The monoisotopic (exact) mass is 483 g/mol. The number of Topliss-reactive ketones (excluding diaryl/α,β-unsaturated/α-hetero) is 1. The lowest BCUT2D eigenvalue weighted by atomic mass is 9.87. The number of rotatable bonds is 9. The summed E-state index contributed by atoms with van der Waals surface area (Å²) in [6, 6.07) is 20.6. The molecular formula is C31H33NO4. The molecule has 186 valence electrons. The van der Waals surface area contributed by atoms with Crippen LogP contribution in [0, 0.1) is 6.92 Å². The zero-order valence-electron chi connectivity index (χ0n) is 21.3. The summed E-state index contributed by atoms with van der Waals surface area (Å²) in [5.74, 6) is 1.90. The molecule has 0 radical (unpaired) electrons. The Hall–Kier alpha value is -3.60. The molecule has 3 aromatic carbocycles. The predicted molar refractivity (Wildman–Crippen MR) is 140 cm³/mol. The van der Waals surface area contributed by atoms with E-state index in [0.29, 0.717) is 19.4 Å². The van der Waals surface area contributed by atoms with E-state index in [-0.39, 0.29) is 18.5 Å². The fourth-order valence-corrected chi connectivity index (χ4v) is 5.05. The van der Waals surface area contributed by atoms with Crippen LogP contribution >= 0.6 is 0 Å². The van der Waals surface area contributed by atoms with Crippen molar-refractivity contribution in [1.29, 1.82) is 0 Å². The number of fused-ring (bicyclic) bond motifs is 1. The van der Waals surface area contributed by atoms with Crippen molar-refractivity contribution in [1.82, 2.24) is 4.90 Å². The Balaban J connectivity index is 1.30. The second kappa shape index (κ2) is 9.81. The van der Waals surface area contributed by atoms with Crippen molar-refractivity contribution in [2.24, 2.45) is 0 Å². The average molecular weight is 484 g/mol. The van der Waals surface area contributed by atoms with Gasteiger partial charge in [0.1, 0.15) is 5.78 Å². The minimum absolute atomic E-state index is 0.170. The number of ether oxygens (including phenoxy) is 2. The lowest BCUT2D eigenvalue weighted by Gasteiger charge is -2.18. The van der Waals surface area contributed by atoms with Crippen LogP contribution in [0.3, 0.4) is 0 Å². The van der Waals surface area contributed by atoms with E-state index in [1.165, 1.54) is 5.56 Å². The van der Waals surface area contributed by atoms with Crippen LogP contribution in [0.1, 0.15) is 54.9 Å². The zero-order chi connectivity index (χ0) is 25.3. The molecule has 1 saturated carbocycles. The molecular weight excluding hydrogens is 450 g/mol. The maximum Gasteiger partial charge on any atom is 0.231 e. The van der Waals surface area contributed by atoms with Crippen LogP contribution in [0.4, 0.5) is 0 Å². The number of benzene rings is 3. The third-order valence-corrected chi connectivity index (χ3v) is 7.45. The number of carbonyl (C=O) groups excluding carboxylic acids is 2. The lowest BCUT2D eigenvalue weighted by molar-refractivity contribution is -0.130. The van der Waals surface area contributed by atoms with Gasteiger partial charge in [-0.2, -0.15) is 0 Å². The van der Waals surface area contributed by atoms with Crippen LogP contribution in [-0.4, -0.2) is 30.4 Å². The van der Waals surface area contributed by atoms with Crippen molar-refractivity contribution in [2.75, 3.05) is 13.8 Å². The van der Waals surface area contributed by atoms with Gasteiger partial charge in [-0.3, -0.25) is 9.59 Å². The van der Waals surface area contributed by atoms with E-state index >= 15 is 0 Å². The maximum atomic E-state index is 13.5. The van der Waals surface area contributed by atoms with Gasteiger partial charge < -0.3 is 14.4 Å². The highest BCUT2D eigenvalue weighted by molar-refractivity contribution is 5.95. The Morgan fingerprint density at radius 3 is 2.36 bits per heavy atom. The van der Waals surface area contributed by atoms with E-state index in [1.807, 2.05) is 32.2 Å². The summed E-state index contributed by atoms with van der Waals surface area (Å²) in [4.78, 5) is 27.4. The fraction of sp³-hybridized carbons (Fsp3) is 0.355. The van der Waals surface area contributed by atoms with E-state index in [9.17, 15) is 9.59 Å². The lowest BCUT2D eigenvalue weighted by Crippen LogP contribution is -2.25. The first-order valence-corrected chi connectivity index (χ1v) is 12.8. The molecule has 1 heterocycles. The van der Waals surface area contributed by atoms with Crippen LogP contribution in [-0.2, 0) is 28.0 Å². The summed E-state index contributed by atoms with van der Waals surface area (Å²) < 4.78 is 11.0. The van der Waals surface area contributed by atoms with E-state index in [2.05, 4.69) is 49.4 Å². The van der Waals surface area contributed by atoms with Crippen molar-refractivity contribution >= 4 is 11.7 Å². The van der Waals surface area contributed by atoms with Crippen LogP contribution in [0.2, 0.25) is 0 Å². The highest BCUT2D eigenvalue weighted by Gasteiger charge is 2.50. The van der Waals surface area contributed by atoms with Crippen LogP contribution in [0.15, 0.2) is 60.7 Å². The molecule has 1 amide bonds. The molecule has 0 bridgehead atoms. The molecule has 3 aromatic rings. The summed E-state index contributed by atoms with van der Waals surface area (Å²) >= 11 is 0. The van der Waals surface area contributed by atoms with Crippen LogP contribution < -0.4 is 9.47 Å². The van der Waals surface area contributed by atoms with Gasteiger partial charge in [0.05, 0.1) is 5.41 Å². The Kier molecular flexibility index (Phi) is 6.57. The number of hydrogen-bond donors (Lipinski definition) is 0. The Morgan fingerprint density at radius 2 is 1.64 bits per heavy atom. The molecule has 5 nitrogen and oxygen atoms in total. The summed E-state index contributed by atoms with van der Waals surface area (Å²) in [6.45, 7) is 4.96. The zero-order valence-corrected chi connectivity index (χ0v) is 21.3. The van der Waals surface area contributed by atoms with E-state index in [1.54, 1.807) is 4.90 Å². The first kappa shape index (κ1) is 24.1. The van der Waals surface area contributed by atoms with Gasteiger partial charge in [0.25, 0.3) is 0 Å². The molecule has 0 atom stereocenters. The minimum Gasteiger partial charge on any atom is -0.454 e. The van der Waals surface area contributed by atoms with Crippen molar-refractivity contribution in [3.63, 3.8) is 0 Å². The molecule has 0 unspecified atom stereocenters. The van der Waals surface area contributed by atoms with Gasteiger partial charge >= 0.3 is 0 Å². The Morgan fingerprint density at radius 1 is 0.917 bits per heavy atom. The molecule has 0 N–H and O–H groups in total. The quantitative estimate of drug-likeness (QED) is 0.375. The first-order valence-electron chi connectivity index (χ1n) is 12.8. The molecule has 0 aromatic heterocycles. The van der Waals surface area contributed by atoms with Gasteiger partial charge in [-0.05, 0) is 71.7 Å². The topological polar surface area (TPSA) is 55.8 Å². The maximum absolute atomic E-state index is 13.5. The predicted octanol–water partition coefficient (Wildman–Crippen LogP) is 5.99. The molecule has 1 aliphatic heterocycles. The number of hydrogen-bond acceptors (Lipinski definition) is 4. The molecule has 5 rings (SSSR count). The number of amides is 1. The van der Waals surface area contributed by atoms with Gasteiger partial charge in [0, 0.05) is 26.4 Å². The molecule has 5 heteroatoms. The summed E-state index contributed by atoms with van der Waals surface area (Å²) in [7, 11) is 1.85. The summed E-state index contributed by atoms with van der Waals surface area (Å²) in [5, 5.41) is 0. The minimum atomic E-state index is -0.408. The molecule has 2 aliphatic rings. The fourth-order valence-electron chi connectivity index (χ4n) is 5.05. The molecule has 1 aliphatic carbocycles. The summed E-state index contributed by atoms with van der Waals surface area (Å²) in [6.07, 6.45) is 3.60. The molecule has 0 saturated heterocycles. The van der Waals surface area contributed by atoms with E-state index in [0.717, 1.165) is 58.6 Å². The van der Waals surface area contributed by atoms with Gasteiger partial charge in [-0.25, -0.2) is 0 Å². The molecule has 1 fully saturated rings. The van der Waals surface area contributed by atoms with Gasteiger partial charge in [0.15, 0.2) is 11.5 Å². The van der Waals surface area contributed by atoms with Gasteiger partial charge in [-0.15, -0.1) is 0 Å². The Bertz CT molecular complexity index is 1290. The SMILES string of the molecule is CCCC(=O)N(C)Cc1ccc(-c2cc(CC(=O)C3(c4ccc5c(c4)OCO5)CC3)ccc2C)cc1. The van der Waals surface area contributed by atoms with Crippen LogP contribution in [0.25, 0.3) is 11.1 Å². The molecule has 36 heavy (non-hydrogen) atoms. The summed E-state index contributed by atoms with van der Waals surface area (Å²) in [5.41, 5.74) is 6.18. The normalized spacial score (nSPS) is 15.0.